The highest BCUT2D eigenvalue weighted by atomic mass is 35.5. The number of amides is 1. The van der Waals surface area contributed by atoms with Crippen molar-refractivity contribution in [3.8, 4) is 0 Å². The Bertz CT molecular complexity index is 396. The van der Waals surface area contributed by atoms with Crippen LogP contribution >= 0.6 is 12.4 Å². The summed E-state index contributed by atoms with van der Waals surface area (Å²) in [5.74, 6) is -0.790. The summed E-state index contributed by atoms with van der Waals surface area (Å²) < 4.78 is 13.3. The summed E-state index contributed by atoms with van der Waals surface area (Å²) in [7, 11) is 0. The van der Waals surface area contributed by atoms with Crippen molar-refractivity contribution in [2.24, 2.45) is 11.7 Å². The molecule has 3 nitrogen and oxygen atoms in total. The first-order chi connectivity index (χ1) is 7.41. The SMILES string of the molecule is Cc1ccc(F)c(NC(=O)[C@H](N)C(C)C)c1.Cl. The third kappa shape index (κ3) is 4.32. The fraction of sp³-hybridized carbons (Fsp3) is 0.417. The van der Waals surface area contributed by atoms with E-state index in [-0.39, 0.29) is 29.9 Å². The average molecular weight is 261 g/mol. The molecular formula is C12H18ClFN2O. The number of hydrogen-bond donors (Lipinski definition) is 2. The summed E-state index contributed by atoms with van der Waals surface area (Å²) in [5, 5.41) is 2.49. The highest BCUT2D eigenvalue weighted by molar-refractivity contribution is 5.95. The monoisotopic (exact) mass is 260 g/mol. The topological polar surface area (TPSA) is 55.1 Å². The number of benzene rings is 1. The molecular weight excluding hydrogens is 243 g/mol. The molecule has 3 N–H and O–H groups in total. The van der Waals surface area contributed by atoms with E-state index in [4.69, 9.17) is 5.73 Å². The van der Waals surface area contributed by atoms with Crippen molar-refractivity contribution < 1.29 is 9.18 Å². The maximum atomic E-state index is 13.3. The van der Waals surface area contributed by atoms with Crippen LogP contribution < -0.4 is 11.1 Å². The van der Waals surface area contributed by atoms with Gasteiger partial charge in [-0.15, -0.1) is 12.4 Å². The van der Waals surface area contributed by atoms with E-state index in [1.54, 1.807) is 12.1 Å². The standard InChI is InChI=1S/C12H17FN2O.ClH/c1-7(2)11(14)12(16)15-10-6-8(3)4-5-9(10)13;/h4-7,11H,14H2,1-3H3,(H,15,16);1H/t11-;/m1./s1. The second-order valence-corrected chi connectivity index (χ2v) is 4.24. The number of carbonyl (C=O) groups is 1. The van der Waals surface area contributed by atoms with E-state index in [0.717, 1.165) is 5.56 Å². The Morgan fingerprint density at radius 2 is 2.00 bits per heavy atom. The molecule has 0 spiro atoms. The molecule has 0 fully saturated rings. The van der Waals surface area contributed by atoms with Gasteiger partial charge in [-0.05, 0) is 30.5 Å². The Morgan fingerprint density at radius 3 is 2.53 bits per heavy atom. The van der Waals surface area contributed by atoms with Gasteiger partial charge in [-0.3, -0.25) is 4.79 Å². The summed E-state index contributed by atoms with van der Waals surface area (Å²) in [6, 6.07) is 3.93. The van der Waals surface area contributed by atoms with E-state index in [1.807, 2.05) is 20.8 Å². The van der Waals surface area contributed by atoms with Gasteiger partial charge in [0.1, 0.15) is 5.82 Å². The molecule has 0 saturated carbocycles. The van der Waals surface area contributed by atoms with E-state index in [0.29, 0.717) is 0 Å². The molecule has 0 radical (unpaired) electrons. The van der Waals surface area contributed by atoms with Crippen LogP contribution in [0, 0.1) is 18.7 Å². The molecule has 5 heteroatoms. The molecule has 0 bridgehead atoms. The van der Waals surface area contributed by atoms with Crippen molar-refractivity contribution in [2.45, 2.75) is 26.8 Å². The molecule has 1 amide bonds. The van der Waals surface area contributed by atoms with E-state index in [2.05, 4.69) is 5.32 Å². The van der Waals surface area contributed by atoms with Gasteiger partial charge in [-0.1, -0.05) is 19.9 Å². The minimum absolute atomic E-state index is 0. The number of hydrogen-bond acceptors (Lipinski definition) is 2. The van der Waals surface area contributed by atoms with Gasteiger partial charge in [0.25, 0.3) is 0 Å². The quantitative estimate of drug-likeness (QED) is 0.877. The van der Waals surface area contributed by atoms with Gasteiger partial charge in [0.05, 0.1) is 11.7 Å². The molecule has 17 heavy (non-hydrogen) atoms. The fourth-order valence-electron chi connectivity index (χ4n) is 1.25. The lowest BCUT2D eigenvalue weighted by atomic mass is 10.0. The summed E-state index contributed by atoms with van der Waals surface area (Å²) in [4.78, 5) is 11.6. The van der Waals surface area contributed by atoms with E-state index in [1.165, 1.54) is 6.07 Å². The molecule has 0 aliphatic rings. The number of nitrogens with one attached hydrogen (secondary N) is 1. The van der Waals surface area contributed by atoms with Gasteiger partial charge in [-0.25, -0.2) is 4.39 Å². The summed E-state index contributed by atoms with van der Waals surface area (Å²) in [6.07, 6.45) is 0. The molecule has 96 valence electrons. The Kier molecular flexibility index (Phi) is 6.13. The Balaban J connectivity index is 0.00000256. The van der Waals surface area contributed by atoms with Gasteiger partial charge < -0.3 is 11.1 Å². The summed E-state index contributed by atoms with van der Waals surface area (Å²) in [6.45, 7) is 5.52. The minimum atomic E-state index is -0.625. The molecule has 0 aliphatic carbocycles. The predicted octanol–water partition coefficient (Wildman–Crippen LogP) is 2.48. The number of anilines is 1. The normalized spacial score (nSPS) is 11.9. The molecule has 1 aromatic rings. The number of halogens is 2. The highest BCUT2D eigenvalue weighted by Crippen LogP contribution is 2.16. The average Bonchev–Trinajstić information content (AvgIpc) is 2.22. The first-order valence-corrected chi connectivity index (χ1v) is 5.24. The van der Waals surface area contributed by atoms with Gasteiger partial charge in [0.2, 0.25) is 5.91 Å². The zero-order valence-corrected chi connectivity index (χ0v) is 11.0. The number of nitrogens with two attached hydrogens (primary N) is 1. The third-order valence-corrected chi connectivity index (χ3v) is 2.40. The maximum absolute atomic E-state index is 13.3. The summed E-state index contributed by atoms with van der Waals surface area (Å²) in [5.41, 5.74) is 6.73. The van der Waals surface area contributed by atoms with E-state index < -0.39 is 11.9 Å². The van der Waals surface area contributed by atoms with Crippen LogP contribution in [0.4, 0.5) is 10.1 Å². The maximum Gasteiger partial charge on any atom is 0.241 e. The molecule has 0 heterocycles. The van der Waals surface area contributed by atoms with Crippen LogP contribution in [0.25, 0.3) is 0 Å². The van der Waals surface area contributed by atoms with Crippen LogP contribution in [-0.4, -0.2) is 11.9 Å². The van der Waals surface area contributed by atoms with Crippen LogP contribution in [0.2, 0.25) is 0 Å². The highest BCUT2D eigenvalue weighted by Gasteiger charge is 2.18. The van der Waals surface area contributed by atoms with Crippen molar-refractivity contribution in [3.63, 3.8) is 0 Å². The Morgan fingerprint density at radius 1 is 1.41 bits per heavy atom. The smallest absolute Gasteiger partial charge is 0.241 e. The van der Waals surface area contributed by atoms with Crippen molar-refractivity contribution in [2.75, 3.05) is 5.32 Å². The largest absolute Gasteiger partial charge is 0.322 e. The van der Waals surface area contributed by atoms with Crippen LogP contribution in [-0.2, 0) is 4.79 Å². The molecule has 0 aromatic heterocycles. The van der Waals surface area contributed by atoms with Crippen molar-refractivity contribution in [3.05, 3.63) is 29.6 Å². The molecule has 1 aromatic carbocycles. The Hall–Kier alpha value is -1.13. The van der Waals surface area contributed by atoms with Crippen LogP contribution in [0.15, 0.2) is 18.2 Å². The molecule has 0 unspecified atom stereocenters. The second-order valence-electron chi connectivity index (χ2n) is 4.24. The van der Waals surface area contributed by atoms with E-state index in [9.17, 15) is 9.18 Å². The molecule has 1 rings (SSSR count). The Labute approximate surface area is 107 Å². The second kappa shape index (κ2) is 6.57. The van der Waals surface area contributed by atoms with Crippen LogP contribution in [0.5, 0.6) is 0 Å². The lowest BCUT2D eigenvalue weighted by molar-refractivity contribution is -0.118. The zero-order chi connectivity index (χ0) is 12.3. The third-order valence-electron chi connectivity index (χ3n) is 2.40. The molecule has 0 saturated heterocycles. The molecule has 0 aliphatic heterocycles. The first-order valence-electron chi connectivity index (χ1n) is 5.24. The molecule has 1 atom stereocenters. The number of carbonyl (C=O) groups excluding carboxylic acids is 1. The number of aryl methyl sites for hydroxylation is 1. The zero-order valence-electron chi connectivity index (χ0n) is 10.2. The van der Waals surface area contributed by atoms with Crippen molar-refractivity contribution in [1.82, 2.24) is 0 Å². The van der Waals surface area contributed by atoms with Gasteiger partial charge >= 0.3 is 0 Å². The van der Waals surface area contributed by atoms with Crippen molar-refractivity contribution >= 4 is 24.0 Å². The fourth-order valence-corrected chi connectivity index (χ4v) is 1.25. The van der Waals surface area contributed by atoms with Crippen LogP contribution in [0.3, 0.4) is 0 Å². The van der Waals surface area contributed by atoms with Crippen LogP contribution in [0.1, 0.15) is 19.4 Å². The van der Waals surface area contributed by atoms with Gasteiger partial charge in [0.15, 0.2) is 0 Å². The predicted molar refractivity (Wildman–Crippen MR) is 69.8 cm³/mol. The number of rotatable bonds is 3. The lowest BCUT2D eigenvalue weighted by Crippen LogP contribution is -2.39. The van der Waals surface area contributed by atoms with E-state index >= 15 is 0 Å². The first kappa shape index (κ1) is 15.9. The van der Waals surface area contributed by atoms with Gasteiger partial charge in [-0.2, -0.15) is 0 Å². The van der Waals surface area contributed by atoms with Crippen molar-refractivity contribution in [1.29, 1.82) is 0 Å². The summed E-state index contributed by atoms with van der Waals surface area (Å²) >= 11 is 0. The lowest BCUT2D eigenvalue weighted by Gasteiger charge is -2.15. The van der Waals surface area contributed by atoms with Gasteiger partial charge in [0, 0.05) is 0 Å². The minimum Gasteiger partial charge on any atom is -0.322 e.